The number of methoxy groups -OCH3 is 2. The van der Waals surface area contributed by atoms with E-state index in [2.05, 4.69) is 17.9 Å². The first-order valence-corrected chi connectivity index (χ1v) is 8.99. The van der Waals surface area contributed by atoms with Crippen LogP contribution in [0.2, 0.25) is 0 Å². The van der Waals surface area contributed by atoms with Gasteiger partial charge in [0.15, 0.2) is 11.5 Å². The molecule has 0 bridgehead atoms. The third-order valence-corrected chi connectivity index (χ3v) is 4.67. The Morgan fingerprint density at radius 1 is 1.00 bits per heavy atom. The summed E-state index contributed by atoms with van der Waals surface area (Å²) in [5.41, 5.74) is 3.45. The van der Waals surface area contributed by atoms with Crippen LogP contribution in [-0.2, 0) is 19.5 Å². The van der Waals surface area contributed by atoms with Gasteiger partial charge in [-0.3, -0.25) is 4.90 Å². The van der Waals surface area contributed by atoms with Gasteiger partial charge < -0.3 is 13.9 Å². The first-order chi connectivity index (χ1) is 13.0. The lowest BCUT2D eigenvalue weighted by Crippen LogP contribution is -2.19. The fourth-order valence-electron chi connectivity index (χ4n) is 3.34. The third kappa shape index (κ3) is 4.14. The molecule has 0 saturated carbocycles. The third-order valence-electron chi connectivity index (χ3n) is 4.67. The van der Waals surface area contributed by atoms with Crippen molar-refractivity contribution in [3.05, 3.63) is 69.6 Å². The van der Waals surface area contributed by atoms with Crippen molar-refractivity contribution < 1.29 is 13.9 Å². The lowest BCUT2D eigenvalue weighted by atomic mass is 10.1. The number of benzene rings is 2. The molecule has 0 saturated heterocycles. The summed E-state index contributed by atoms with van der Waals surface area (Å²) in [5.74, 6) is 1.44. The predicted molar refractivity (Wildman–Crippen MR) is 107 cm³/mol. The number of hydrogen-bond acceptors (Lipinski definition) is 5. The number of fused-ring (bicyclic) bond motifs is 1. The molecule has 0 fully saturated rings. The van der Waals surface area contributed by atoms with E-state index < -0.39 is 0 Å². The second-order valence-electron chi connectivity index (χ2n) is 6.60. The molecule has 3 rings (SSSR count). The molecule has 0 amide bonds. The van der Waals surface area contributed by atoms with Gasteiger partial charge >= 0.3 is 5.63 Å². The van der Waals surface area contributed by atoms with E-state index in [1.54, 1.807) is 20.3 Å². The highest BCUT2D eigenvalue weighted by atomic mass is 16.5. The van der Waals surface area contributed by atoms with Gasteiger partial charge in [-0.2, -0.15) is 0 Å². The molecule has 0 spiro atoms. The van der Waals surface area contributed by atoms with Crippen LogP contribution in [0.3, 0.4) is 0 Å². The minimum absolute atomic E-state index is 0.321. The lowest BCUT2D eigenvalue weighted by molar-refractivity contribution is 0.303. The first kappa shape index (κ1) is 19.0. The Hall–Kier alpha value is -2.79. The molecule has 0 aliphatic carbocycles. The van der Waals surface area contributed by atoms with Crippen LogP contribution >= 0.6 is 0 Å². The second kappa shape index (κ2) is 8.27. The van der Waals surface area contributed by atoms with Gasteiger partial charge in [-0.05, 0) is 36.7 Å². The fraction of sp³-hybridized carbons (Fsp3) is 0.318. The number of hydrogen-bond donors (Lipinski definition) is 0. The molecule has 3 aromatic rings. The molecule has 0 aliphatic heterocycles. The summed E-state index contributed by atoms with van der Waals surface area (Å²) in [6.07, 6.45) is 0.902. The van der Waals surface area contributed by atoms with Crippen molar-refractivity contribution >= 4 is 11.0 Å². The van der Waals surface area contributed by atoms with Crippen LogP contribution in [0.1, 0.15) is 23.6 Å². The largest absolute Gasteiger partial charge is 0.493 e. The molecule has 0 radical (unpaired) electrons. The van der Waals surface area contributed by atoms with Crippen molar-refractivity contribution in [3.8, 4) is 11.5 Å². The van der Waals surface area contributed by atoms with Crippen LogP contribution in [0, 0.1) is 0 Å². The zero-order valence-electron chi connectivity index (χ0n) is 16.2. The quantitative estimate of drug-likeness (QED) is 0.591. The van der Waals surface area contributed by atoms with E-state index in [4.69, 9.17) is 13.9 Å². The van der Waals surface area contributed by atoms with Gasteiger partial charge in [-0.1, -0.05) is 31.2 Å². The molecule has 2 aromatic carbocycles. The topological polar surface area (TPSA) is 51.9 Å². The summed E-state index contributed by atoms with van der Waals surface area (Å²) in [4.78, 5) is 14.1. The molecule has 0 unspecified atom stereocenters. The average molecular weight is 367 g/mol. The number of rotatable bonds is 7. The van der Waals surface area contributed by atoms with E-state index >= 15 is 0 Å². The van der Waals surface area contributed by atoms with Crippen molar-refractivity contribution in [1.82, 2.24) is 4.90 Å². The molecular formula is C22H25NO4. The smallest absolute Gasteiger partial charge is 0.336 e. The van der Waals surface area contributed by atoms with Crippen LogP contribution in [0.4, 0.5) is 0 Å². The fourth-order valence-corrected chi connectivity index (χ4v) is 3.34. The Kier molecular flexibility index (Phi) is 5.81. The zero-order valence-corrected chi connectivity index (χ0v) is 16.2. The Labute approximate surface area is 159 Å². The SMILES string of the molecule is CCc1ccc2c(CN(C)Cc3cccc(OC)c3OC)cc(=O)oc2c1. The van der Waals surface area contributed by atoms with Gasteiger partial charge in [0, 0.05) is 30.1 Å². The molecular weight excluding hydrogens is 342 g/mol. The standard InChI is InChI=1S/C22H25NO4/c1-5-15-9-10-18-17(12-21(24)27-20(18)11-15)14-23(2)13-16-7-6-8-19(25-3)22(16)26-4/h6-12H,5,13-14H2,1-4H3. The maximum absolute atomic E-state index is 12.0. The van der Waals surface area contributed by atoms with Crippen LogP contribution in [0.15, 0.2) is 51.7 Å². The molecule has 0 atom stereocenters. The molecule has 142 valence electrons. The summed E-state index contributed by atoms with van der Waals surface area (Å²) in [7, 11) is 5.29. The maximum atomic E-state index is 12.0. The van der Waals surface area contributed by atoms with Crippen molar-refractivity contribution in [2.45, 2.75) is 26.4 Å². The molecule has 1 aromatic heterocycles. The minimum atomic E-state index is -0.321. The highest BCUT2D eigenvalue weighted by Gasteiger charge is 2.13. The van der Waals surface area contributed by atoms with Gasteiger partial charge in [0.05, 0.1) is 14.2 Å². The Balaban J connectivity index is 1.89. The van der Waals surface area contributed by atoms with Gasteiger partial charge in [-0.15, -0.1) is 0 Å². The normalized spacial score (nSPS) is 11.1. The molecule has 5 heteroatoms. The van der Waals surface area contributed by atoms with E-state index in [1.165, 1.54) is 0 Å². The average Bonchev–Trinajstić information content (AvgIpc) is 2.66. The number of nitrogens with zero attached hydrogens (tertiary/aromatic N) is 1. The first-order valence-electron chi connectivity index (χ1n) is 8.99. The van der Waals surface area contributed by atoms with Gasteiger partial charge in [0.25, 0.3) is 0 Å². The summed E-state index contributed by atoms with van der Waals surface area (Å²) in [5, 5.41) is 0.969. The van der Waals surface area contributed by atoms with E-state index in [9.17, 15) is 4.79 Å². The van der Waals surface area contributed by atoms with Crippen molar-refractivity contribution in [2.24, 2.45) is 0 Å². The minimum Gasteiger partial charge on any atom is -0.493 e. The molecule has 0 aliphatic rings. The summed E-state index contributed by atoms with van der Waals surface area (Å²) >= 11 is 0. The highest BCUT2D eigenvalue weighted by molar-refractivity contribution is 5.80. The van der Waals surface area contributed by atoms with Crippen LogP contribution in [-0.4, -0.2) is 26.2 Å². The summed E-state index contributed by atoms with van der Waals surface area (Å²) in [6.45, 7) is 3.36. The van der Waals surface area contributed by atoms with E-state index in [0.717, 1.165) is 34.2 Å². The van der Waals surface area contributed by atoms with Crippen LogP contribution in [0.5, 0.6) is 11.5 Å². The highest BCUT2D eigenvalue weighted by Crippen LogP contribution is 2.31. The van der Waals surface area contributed by atoms with Crippen LogP contribution in [0.25, 0.3) is 11.0 Å². The zero-order chi connectivity index (χ0) is 19.4. The number of para-hydroxylation sites is 1. The van der Waals surface area contributed by atoms with Crippen molar-refractivity contribution in [1.29, 1.82) is 0 Å². The monoisotopic (exact) mass is 367 g/mol. The van der Waals surface area contributed by atoms with Gasteiger partial charge in [0.1, 0.15) is 5.58 Å². The van der Waals surface area contributed by atoms with Crippen LogP contribution < -0.4 is 15.1 Å². The van der Waals surface area contributed by atoms with Crippen molar-refractivity contribution in [3.63, 3.8) is 0 Å². The summed E-state index contributed by atoms with van der Waals surface area (Å²) < 4.78 is 16.3. The molecule has 27 heavy (non-hydrogen) atoms. The molecule has 0 N–H and O–H groups in total. The summed E-state index contributed by atoms with van der Waals surface area (Å²) in [6, 6.07) is 13.5. The van der Waals surface area contributed by atoms with Gasteiger partial charge in [0.2, 0.25) is 0 Å². The Morgan fingerprint density at radius 3 is 2.48 bits per heavy atom. The number of ether oxygens (including phenoxy) is 2. The molecule has 5 nitrogen and oxygen atoms in total. The van der Waals surface area contributed by atoms with E-state index in [0.29, 0.717) is 24.4 Å². The number of aryl methyl sites for hydroxylation is 1. The predicted octanol–water partition coefficient (Wildman–Crippen LogP) is 4.00. The molecule has 1 heterocycles. The Morgan fingerprint density at radius 2 is 1.78 bits per heavy atom. The maximum Gasteiger partial charge on any atom is 0.336 e. The van der Waals surface area contributed by atoms with E-state index in [1.807, 2.05) is 37.4 Å². The van der Waals surface area contributed by atoms with Crippen molar-refractivity contribution in [2.75, 3.05) is 21.3 Å². The lowest BCUT2D eigenvalue weighted by Gasteiger charge is -2.20. The second-order valence-corrected chi connectivity index (χ2v) is 6.60. The van der Waals surface area contributed by atoms with Gasteiger partial charge in [-0.25, -0.2) is 4.79 Å². The Bertz CT molecular complexity index is 993. The van der Waals surface area contributed by atoms with E-state index in [-0.39, 0.29) is 5.63 Å².